The number of hydrogen-bond acceptors (Lipinski definition) is 6. The summed E-state index contributed by atoms with van der Waals surface area (Å²) in [6.45, 7) is 7.74. The lowest BCUT2D eigenvalue weighted by Crippen LogP contribution is -2.39. The normalized spacial score (nSPS) is 17.5. The molecule has 2 heterocycles. The average molecular weight is 402 g/mol. The van der Waals surface area contributed by atoms with Gasteiger partial charge in [0.25, 0.3) is 0 Å². The predicted octanol–water partition coefficient (Wildman–Crippen LogP) is 3.80. The van der Waals surface area contributed by atoms with Crippen molar-refractivity contribution in [1.29, 1.82) is 10.5 Å². The monoisotopic (exact) mass is 401 g/mol. The predicted molar refractivity (Wildman–Crippen MR) is 105 cm³/mol. The highest BCUT2D eigenvalue weighted by atomic mass is 35.5. The molecule has 0 N–H and O–H groups in total. The third kappa shape index (κ3) is 4.31. The van der Waals surface area contributed by atoms with Gasteiger partial charge in [0.1, 0.15) is 28.7 Å². The van der Waals surface area contributed by atoms with Gasteiger partial charge < -0.3 is 14.5 Å². The summed E-state index contributed by atoms with van der Waals surface area (Å²) in [4.78, 5) is 20.4. The maximum Gasteiger partial charge on any atom is 0.410 e. The molecule has 7 nitrogen and oxygen atoms in total. The Kier molecular flexibility index (Phi) is 5.67. The fraction of sp³-hybridized carbons (Fsp3) is 0.600. The van der Waals surface area contributed by atoms with E-state index in [1.165, 1.54) is 0 Å². The molecule has 148 valence electrons. The summed E-state index contributed by atoms with van der Waals surface area (Å²) in [6, 6.07) is 4.36. The molecule has 1 aliphatic heterocycles. The van der Waals surface area contributed by atoms with Crippen molar-refractivity contribution in [2.75, 3.05) is 31.1 Å². The van der Waals surface area contributed by atoms with Crippen LogP contribution in [0.2, 0.25) is 5.15 Å². The topological polar surface area (TPSA) is 93.2 Å². The molecule has 28 heavy (non-hydrogen) atoms. The molecular weight excluding hydrogens is 378 g/mol. The largest absolute Gasteiger partial charge is 0.444 e. The molecule has 0 unspecified atom stereocenters. The molecule has 1 aromatic rings. The van der Waals surface area contributed by atoms with Crippen LogP contribution in [0.1, 0.15) is 62.6 Å². The van der Waals surface area contributed by atoms with E-state index in [4.69, 9.17) is 16.3 Å². The number of carbonyl (C=O) groups is 1. The standard InChI is InChI=1S/C20H24ClN5O2/c1-20(2,3)28-19(27)26-8-4-7-25(9-10-26)18-15(12-23)16(13-5-6-13)14(11-22)17(21)24-18/h13H,4-10H2,1-3H3. The lowest BCUT2D eigenvalue weighted by Gasteiger charge is -2.27. The smallest absolute Gasteiger partial charge is 0.410 e. The average Bonchev–Trinajstić information content (AvgIpc) is 3.45. The summed E-state index contributed by atoms with van der Waals surface area (Å²) < 4.78 is 5.47. The Hall–Kier alpha value is -2.51. The lowest BCUT2D eigenvalue weighted by molar-refractivity contribution is 0.0263. The number of nitriles is 2. The maximum absolute atomic E-state index is 12.4. The third-order valence-corrected chi connectivity index (χ3v) is 5.10. The number of hydrogen-bond donors (Lipinski definition) is 0. The summed E-state index contributed by atoms with van der Waals surface area (Å²) in [5.41, 5.74) is 0.940. The van der Waals surface area contributed by atoms with Gasteiger partial charge in [0.2, 0.25) is 0 Å². The van der Waals surface area contributed by atoms with Gasteiger partial charge in [-0.05, 0) is 51.5 Å². The van der Waals surface area contributed by atoms with Crippen LogP contribution in [0.15, 0.2) is 0 Å². The molecule has 0 spiro atoms. The van der Waals surface area contributed by atoms with E-state index in [0.717, 1.165) is 24.8 Å². The van der Waals surface area contributed by atoms with Crippen molar-refractivity contribution in [2.24, 2.45) is 0 Å². The molecule has 1 aliphatic carbocycles. The van der Waals surface area contributed by atoms with Crippen LogP contribution in [-0.4, -0.2) is 47.8 Å². The second-order valence-corrected chi connectivity index (χ2v) is 8.55. The fourth-order valence-corrected chi connectivity index (χ4v) is 3.65. The molecule has 1 saturated heterocycles. The Morgan fingerprint density at radius 2 is 1.82 bits per heavy atom. The molecule has 2 fully saturated rings. The summed E-state index contributed by atoms with van der Waals surface area (Å²) in [7, 11) is 0. The molecule has 1 aromatic heterocycles. The first-order valence-corrected chi connectivity index (χ1v) is 9.89. The molecule has 0 atom stereocenters. The quantitative estimate of drug-likeness (QED) is 0.699. The lowest BCUT2D eigenvalue weighted by atomic mass is 9.99. The zero-order valence-corrected chi connectivity index (χ0v) is 17.2. The number of anilines is 1. The van der Waals surface area contributed by atoms with Gasteiger partial charge in [0.05, 0.1) is 11.1 Å². The molecule has 2 aliphatic rings. The van der Waals surface area contributed by atoms with Crippen LogP contribution in [0.4, 0.5) is 10.6 Å². The first kappa shape index (κ1) is 20.2. The number of ether oxygens (including phenoxy) is 1. The maximum atomic E-state index is 12.4. The Morgan fingerprint density at radius 3 is 2.39 bits per heavy atom. The molecule has 0 aromatic carbocycles. The zero-order valence-electron chi connectivity index (χ0n) is 16.5. The Labute approximate surface area is 170 Å². The van der Waals surface area contributed by atoms with Crippen molar-refractivity contribution in [2.45, 2.75) is 51.6 Å². The van der Waals surface area contributed by atoms with Gasteiger partial charge >= 0.3 is 6.09 Å². The second-order valence-electron chi connectivity index (χ2n) is 8.20. The van der Waals surface area contributed by atoms with Crippen molar-refractivity contribution in [3.8, 4) is 12.1 Å². The highest BCUT2D eigenvalue weighted by Gasteiger charge is 2.34. The third-order valence-electron chi connectivity index (χ3n) is 4.83. The first-order valence-electron chi connectivity index (χ1n) is 9.51. The highest BCUT2D eigenvalue weighted by Crippen LogP contribution is 2.46. The molecule has 3 rings (SSSR count). The van der Waals surface area contributed by atoms with Gasteiger partial charge in [-0.25, -0.2) is 9.78 Å². The van der Waals surface area contributed by atoms with E-state index >= 15 is 0 Å². The van der Waals surface area contributed by atoms with Crippen molar-refractivity contribution in [1.82, 2.24) is 9.88 Å². The Morgan fingerprint density at radius 1 is 1.14 bits per heavy atom. The number of rotatable bonds is 2. The molecule has 1 saturated carbocycles. The Bertz CT molecular complexity index is 861. The summed E-state index contributed by atoms with van der Waals surface area (Å²) in [5.74, 6) is 0.716. The molecule has 0 bridgehead atoms. The van der Waals surface area contributed by atoms with Crippen molar-refractivity contribution in [3.63, 3.8) is 0 Å². The van der Waals surface area contributed by atoms with E-state index in [2.05, 4.69) is 17.1 Å². The van der Waals surface area contributed by atoms with Gasteiger partial charge in [0.15, 0.2) is 0 Å². The van der Waals surface area contributed by atoms with E-state index in [1.54, 1.807) is 4.90 Å². The van der Waals surface area contributed by atoms with Crippen LogP contribution in [0.25, 0.3) is 0 Å². The SMILES string of the molecule is CC(C)(C)OC(=O)N1CCCN(c2nc(Cl)c(C#N)c(C3CC3)c2C#N)CC1. The number of nitrogens with zero attached hydrogens (tertiary/aromatic N) is 5. The fourth-order valence-electron chi connectivity index (χ4n) is 3.43. The van der Waals surface area contributed by atoms with Crippen LogP contribution in [0, 0.1) is 22.7 Å². The van der Waals surface area contributed by atoms with Gasteiger partial charge in [-0.15, -0.1) is 0 Å². The van der Waals surface area contributed by atoms with Crippen LogP contribution in [0.3, 0.4) is 0 Å². The van der Waals surface area contributed by atoms with Gasteiger partial charge in [-0.3, -0.25) is 0 Å². The van der Waals surface area contributed by atoms with Gasteiger partial charge in [0, 0.05) is 26.2 Å². The van der Waals surface area contributed by atoms with E-state index < -0.39 is 5.60 Å². The molecule has 1 amide bonds. The molecule has 8 heteroatoms. The zero-order chi connectivity index (χ0) is 20.5. The highest BCUT2D eigenvalue weighted by molar-refractivity contribution is 6.30. The second kappa shape index (κ2) is 7.85. The van der Waals surface area contributed by atoms with Gasteiger partial charge in [-0.2, -0.15) is 10.5 Å². The minimum atomic E-state index is -0.543. The van der Waals surface area contributed by atoms with Crippen LogP contribution >= 0.6 is 11.6 Å². The minimum absolute atomic E-state index is 0.145. The summed E-state index contributed by atoms with van der Waals surface area (Å²) in [6.07, 6.45) is 2.30. The van der Waals surface area contributed by atoms with E-state index in [1.807, 2.05) is 25.7 Å². The number of carbonyl (C=O) groups excluding carboxylic acids is 1. The number of amides is 1. The van der Waals surface area contributed by atoms with E-state index in [-0.39, 0.29) is 17.2 Å². The first-order chi connectivity index (χ1) is 13.2. The minimum Gasteiger partial charge on any atom is -0.444 e. The number of halogens is 1. The molecular formula is C20H24ClN5O2. The van der Waals surface area contributed by atoms with Crippen LogP contribution < -0.4 is 4.90 Å². The van der Waals surface area contributed by atoms with E-state index in [0.29, 0.717) is 43.1 Å². The van der Waals surface area contributed by atoms with Crippen LogP contribution in [-0.2, 0) is 4.74 Å². The van der Waals surface area contributed by atoms with Crippen molar-refractivity contribution < 1.29 is 9.53 Å². The van der Waals surface area contributed by atoms with Crippen molar-refractivity contribution >= 4 is 23.5 Å². The number of pyridine rings is 1. The number of aromatic nitrogens is 1. The summed E-state index contributed by atoms with van der Waals surface area (Å²) in [5, 5.41) is 19.4. The van der Waals surface area contributed by atoms with Crippen LogP contribution in [0.5, 0.6) is 0 Å². The van der Waals surface area contributed by atoms with E-state index in [9.17, 15) is 15.3 Å². The Balaban J connectivity index is 1.86. The summed E-state index contributed by atoms with van der Waals surface area (Å²) >= 11 is 6.29. The van der Waals surface area contributed by atoms with Gasteiger partial charge in [-0.1, -0.05) is 11.6 Å². The van der Waals surface area contributed by atoms with Crippen molar-refractivity contribution in [3.05, 3.63) is 21.8 Å². The molecule has 0 radical (unpaired) electrons.